The fourth-order valence-corrected chi connectivity index (χ4v) is 1.69. The zero-order chi connectivity index (χ0) is 10.8. The predicted octanol–water partition coefficient (Wildman–Crippen LogP) is 4.59. The third kappa shape index (κ3) is 2.71. The quantitative estimate of drug-likeness (QED) is 0.691. The molecule has 1 aromatic carbocycles. The van der Waals surface area contributed by atoms with E-state index in [2.05, 4.69) is 61.5 Å². The van der Waals surface area contributed by atoms with E-state index in [0.717, 1.165) is 6.42 Å². The van der Waals surface area contributed by atoms with Crippen molar-refractivity contribution in [1.82, 2.24) is 0 Å². The molecule has 0 amide bonds. The molecule has 0 saturated carbocycles. The van der Waals surface area contributed by atoms with Gasteiger partial charge in [-0.15, -0.1) is 0 Å². The van der Waals surface area contributed by atoms with Gasteiger partial charge in [-0.25, -0.2) is 0 Å². The highest BCUT2D eigenvalue weighted by Gasteiger charge is 2.19. The van der Waals surface area contributed by atoms with E-state index in [-0.39, 0.29) is 5.41 Å². The van der Waals surface area contributed by atoms with Crippen LogP contribution in [-0.2, 0) is 6.42 Å². The van der Waals surface area contributed by atoms with E-state index >= 15 is 0 Å². The van der Waals surface area contributed by atoms with Gasteiger partial charge in [0.2, 0.25) is 0 Å². The molecule has 1 aromatic rings. The highest BCUT2D eigenvalue weighted by molar-refractivity contribution is 9.10. The largest absolute Gasteiger partial charge is 0.0996 e. The Labute approximate surface area is 95.2 Å². The molecule has 14 heavy (non-hydrogen) atoms. The van der Waals surface area contributed by atoms with E-state index in [1.165, 1.54) is 15.6 Å². The zero-order valence-corrected chi connectivity index (χ0v) is 10.7. The lowest BCUT2D eigenvalue weighted by Crippen LogP contribution is -2.16. The average Bonchev–Trinajstić information content (AvgIpc) is 2.08. The molecule has 0 aliphatic heterocycles. The van der Waals surface area contributed by atoms with Crippen LogP contribution < -0.4 is 0 Å². The molecule has 0 aliphatic rings. The van der Waals surface area contributed by atoms with Crippen molar-refractivity contribution in [3.8, 4) is 0 Å². The maximum atomic E-state index is 4.04. The fraction of sp³-hybridized carbons (Fsp3) is 0.385. The van der Waals surface area contributed by atoms with Crippen molar-refractivity contribution in [3.05, 3.63) is 46.5 Å². The molecule has 0 aliphatic carbocycles. The van der Waals surface area contributed by atoms with E-state index in [9.17, 15) is 0 Å². The van der Waals surface area contributed by atoms with Gasteiger partial charge >= 0.3 is 0 Å². The Hall–Kier alpha value is -0.560. The van der Waals surface area contributed by atoms with E-state index in [1.807, 2.05) is 6.07 Å². The minimum absolute atomic E-state index is 0.171. The normalized spacial score (nSPS) is 11.4. The van der Waals surface area contributed by atoms with Crippen molar-refractivity contribution in [2.24, 2.45) is 5.41 Å². The van der Waals surface area contributed by atoms with E-state index in [4.69, 9.17) is 0 Å². The first-order valence-corrected chi connectivity index (χ1v) is 5.62. The van der Waals surface area contributed by atoms with Crippen LogP contribution in [0.1, 0.15) is 26.3 Å². The fourth-order valence-electron chi connectivity index (χ4n) is 1.27. The molecule has 1 rings (SSSR count). The second-order valence-electron chi connectivity index (χ2n) is 4.43. The summed E-state index contributed by atoms with van der Waals surface area (Å²) in [5.41, 5.74) is 2.75. The van der Waals surface area contributed by atoms with Gasteiger partial charge in [-0.05, 0) is 30.4 Å². The number of halogens is 1. The summed E-state index contributed by atoms with van der Waals surface area (Å²) in [7, 11) is 0. The van der Waals surface area contributed by atoms with Crippen molar-refractivity contribution < 1.29 is 0 Å². The van der Waals surface area contributed by atoms with Crippen molar-refractivity contribution in [3.63, 3.8) is 0 Å². The molecular formula is C13H17Br. The predicted molar refractivity (Wildman–Crippen MR) is 66.4 cm³/mol. The highest BCUT2D eigenvalue weighted by Crippen LogP contribution is 2.31. The first-order chi connectivity index (χ1) is 6.43. The third-order valence-electron chi connectivity index (χ3n) is 2.75. The molecule has 0 unspecified atom stereocenters. The lowest BCUT2D eigenvalue weighted by atomic mass is 9.80. The second kappa shape index (κ2) is 4.31. The molecule has 0 aromatic heterocycles. The van der Waals surface area contributed by atoms with Crippen LogP contribution in [0, 0.1) is 5.41 Å². The summed E-state index contributed by atoms with van der Waals surface area (Å²) in [6.07, 6.45) is 1.03. The van der Waals surface area contributed by atoms with Crippen LogP contribution in [0.2, 0.25) is 0 Å². The number of hydrogen-bond donors (Lipinski definition) is 0. The summed E-state index contributed by atoms with van der Waals surface area (Å²) in [6, 6.07) is 8.37. The molecular weight excluding hydrogens is 236 g/mol. The monoisotopic (exact) mass is 252 g/mol. The lowest BCUT2D eigenvalue weighted by molar-refractivity contribution is 0.444. The molecule has 0 heterocycles. The molecule has 0 spiro atoms. The second-order valence-corrected chi connectivity index (χ2v) is 5.29. The summed E-state index contributed by atoms with van der Waals surface area (Å²) in [5.74, 6) is 0. The Balaban J connectivity index is 2.89. The van der Waals surface area contributed by atoms with Crippen LogP contribution in [0.3, 0.4) is 0 Å². The van der Waals surface area contributed by atoms with Gasteiger partial charge in [0.05, 0.1) is 0 Å². The van der Waals surface area contributed by atoms with Crippen LogP contribution >= 0.6 is 15.9 Å². The molecule has 1 heteroatoms. The summed E-state index contributed by atoms with van der Waals surface area (Å²) in [4.78, 5) is 0. The number of benzene rings is 1. The van der Waals surface area contributed by atoms with Crippen molar-refractivity contribution in [2.75, 3.05) is 0 Å². The van der Waals surface area contributed by atoms with Gasteiger partial charge in [0, 0.05) is 4.47 Å². The zero-order valence-electron chi connectivity index (χ0n) is 9.10. The summed E-state index contributed by atoms with van der Waals surface area (Å²) in [5, 5.41) is 0. The standard InChI is InChI=1S/C13H17Br/c1-10(2)13(3,4)9-11-7-5-6-8-12(11)14/h5-8H,1,9H2,2-4H3. The van der Waals surface area contributed by atoms with Crippen molar-refractivity contribution in [2.45, 2.75) is 27.2 Å². The topological polar surface area (TPSA) is 0 Å². The highest BCUT2D eigenvalue weighted by atomic mass is 79.9. The molecule has 76 valence electrons. The van der Waals surface area contributed by atoms with Crippen molar-refractivity contribution >= 4 is 15.9 Å². The lowest BCUT2D eigenvalue weighted by Gasteiger charge is -2.25. The Morgan fingerprint density at radius 3 is 2.43 bits per heavy atom. The molecule has 0 nitrogen and oxygen atoms in total. The number of allylic oxidation sites excluding steroid dienone is 1. The third-order valence-corrected chi connectivity index (χ3v) is 3.52. The Bertz CT molecular complexity index is 337. The smallest absolute Gasteiger partial charge is 0.0207 e. The van der Waals surface area contributed by atoms with Gasteiger partial charge in [0.15, 0.2) is 0 Å². The Morgan fingerprint density at radius 1 is 1.36 bits per heavy atom. The summed E-state index contributed by atoms with van der Waals surface area (Å²) >= 11 is 3.57. The van der Waals surface area contributed by atoms with Gasteiger partial charge < -0.3 is 0 Å². The first-order valence-electron chi connectivity index (χ1n) is 4.83. The van der Waals surface area contributed by atoms with Gasteiger partial charge in [-0.1, -0.05) is 60.1 Å². The number of rotatable bonds is 3. The van der Waals surface area contributed by atoms with Crippen LogP contribution in [0.4, 0.5) is 0 Å². The SMILES string of the molecule is C=C(C)C(C)(C)Cc1ccccc1Br. The average molecular weight is 253 g/mol. The Morgan fingerprint density at radius 2 is 1.93 bits per heavy atom. The first kappa shape index (κ1) is 11.5. The molecule has 0 fully saturated rings. The van der Waals surface area contributed by atoms with E-state index in [1.54, 1.807) is 0 Å². The van der Waals surface area contributed by atoms with Crippen LogP contribution in [-0.4, -0.2) is 0 Å². The van der Waals surface area contributed by atoms with Crippen molar-refractivity contribution in [1.29, 1.82) is 0 Å². The summed E-state index contributed by atoms with van der Waals surface area (Å²) in [6.45, 7) is 10.6. The van der Waals surface area contributed by atoms with Gasteiger partial charge in [0.25, 0.3) is 0 Å². The molecule has 0 saturated heterocycles. The van der Waals surface area contributed by atoms with Crippen LogP contribution in [0.15, 0.2) is 40.9 Å². The van der Waals surface area contributed by atoms with E-state index < -0.39 is 0 Å². The van der Waals surface area contributed by atoms with E-state index in [0.29, 0.717) is 0 Å². The van der Waals surface area contributed by atoms with Crippen LogP contribution in [0.5, 0.6) is 0 Å². The minimum Gasteiger partial charge on any atom is -0.0996 e. The molecule has 0 N–H and O–H groups in total. The maximum Gasteiger partial charge on any atom is 0.0207 e. The van der Waals surface area contributed by atoms with Gasteiger partial charge in [-0.3, -0.25) is 0 Å². The molecule has 0 bridgehead atoms. The Kier molecular flexibility index (Phi) is 3.54. The van der Waals surface area contributed by atoms with Gasteiger partial charge in [0.1, 0.15) is 0 Å². The number of hydrogen-bond acceptors (Lipinski definition) is 0. The summed E-state index contributed by atoms with van der Waals surface area (Å²) < 4.78 is 1.19. The molecule has 0 radical (unpaired) electrons. The molecule has 0 atom stereocenters. The minimum atomic E-state index is 0.171. The maximum absolute atomic E-state index is 4.04. The van der Waals surface area contributed by atoms with Gasteiger partial charge in [-0.2, -0.15) is 0 Å². The van der Waals surface area contributed by atoms with Crippen LogP contribution in [0.25, 0.3) is 0 Å².